The number of anilines is 1. The van der Waals surface area contributed by atoms with E-state index in [1.807, 2.05) is 39.8 Å². The van der Waals surface area contributed by atoms with Gasteiger partial charge in [-0.2, -0.15) is 0 Å². The number of thioether (sulfide) groups is 1. The Balaban J connectivity index is 3.06. The third-order valence-corrected chi connectivity index (χ3v) is 5.72. The van der Waals surface area contributed by atoms with E-state index in [1.54, 1.807) is 0 Å². The van der Waals surface area contributed by atoms with Gasteiger partial charge in [0.15, 0.2) is 5.12 Å². The van der Waals surface area contributed by atoms with Crippen LogP contribution in [0.1, 0.15) is 31.4 Å². The van der Waals surface area contributed by atoms with Crippen molar-refractivity contribution in [2.45, 2.75) is 34.1 Å². The average molecular weight is 416 g/mol. The quantitative estimate of drug-likeness (QED) is 0.732. The van der Waals surface area contributed by atoms with Crippen molar-refractivity contribution in [2.24, 2.45) is 5.92 Å². The molecule has 0 spiro atoms. The number of nitrogens with zero attached hydrogens (tertiary/aromatic N) is 1. The number of amides is 1. The molecule has 0 radical (unpaired) electrons. The Morgan fingerprint density at radius 1 is 1.29 bits per heavy atom. The van der Waals surface area contributed by atoms with Crippen LogP contribution in [0.5, 0.6) is 0 Å². The Hall–Kier alpha value is -1.34. The molecule has 1 aromatic carbocycles. The van der Waals surface area contributed by atoms with Gasteiger partial charge in [0.25, 0.3) is 0 Å². The van der Waals surface area contributed by atoms with Crippen molar-refractivity contribution < 1.29 is 19.5 Å². The van der Waals surface area contributed by atoms with E-state index in [4.69, 9.17) is 5.11 Å². The Labute approximate surface area is 154 Å². The monoisotopic (exact) mass is 415 g/mol. The first-order valence-electron chi connectivity index (χ1n) is 7.63. The fourth-order valence-electron chi connectivity index (χ4n) is 2.17. The normalized spacial score (nSPS) is 11.9. The molecule has 132 valence electrons. The minimum absolute atomic E-state index is 0.0520. The minimum Gasteiger partial charge on any atom is -0.480 e. The molecule has 0 saturated carbocycles. The van der Waals surface area contributed by atoms with Crippen LogP contribution < -0.4 is 4.90 Å². The Kier molecular flexibility index (Phi) is 7.96. The predicted molar refractivity (Wildman–Crippen MR) is 101 cm³/mol. The SMILES string of the molecule is CCC(C)C(=O)SCC(=O)N(CC(=O)O)c1c(C)ccc(Br)c1C. The van der Waals surface area contributed by atoms with Gasteiger partial charge >= 0.3 is 5.97 Å². The number of aliphatic carboxylic acids is 1. The van der Waals surface area contributed by atoms with Crippen molar-refractivity contribution in [1.29, 1.82) is 0 Å². The summed E-state index contributed by atoms with van der Waals surface area (Å²) in [4.78, 5) is 37.0. The molecule has 0 aliphatic rings. The van der Waals surface area contributed by atoms with Gasteiger partial charge in [0.2, 0.25) is 5.91 Å². The van der Waals surface area contributed by atoms with Crippen molar-refractivity contribution in [3.8, 4) is 0 Å². The molecule has 5 nitrogen and oxygen atoms in total. The van der Waals surface area contributed by atoms with Crippen molar-refractivity contribution in [3.05, 3.63) is 27.7 Å². The number of carbonyl (C=O) groups is 3. The lowest BCUT2D eigenvalue weighted by atomic mass is 10.1. The van der Waals surface area contributed by atoms with Gasteiger partial charge in [0.05, 0.1) is 11.4 Å². The molecule has 1 rings (SSSR count). The first kappa shape index (κ1) is 20.7. The molecule has 0 aliphatic carbocycles. The second-order valence-corrected chi connectivity index (χ2v) is 7.46. The van der Waals surface area contributed by atoms with E-state index in [0.29, 0.717) is 12.1 Å². The van der Waals surface area contributed by atoms with Gasteiger partial charge in [-0.3, -0.25) is 19.3 Å². The maximum Gasteiger partial charge on any atom is 0.323 e. The van der Waals surface area contributed by atoms with Crippen LogP contribution in [-0.4, -0.2) is 34.4 Å². The first-order valence-corrected chi connectivity index (χ1v) is 9.41. The van der Waals surface area contributed by atoms with Crippen molar-refractivity contribution >= 4 is 50.4 Å². The lowest BCUT2D eigenvalue weighted by Crippen LogP contribution is -2.38. The lowest BCUT2D eigenvalue weighted by molar-refractivity contribution is -0.136. The summed E-state index contributed by atoms with van der Waals surface area (Å²) in [6, 6.07) is 3.69. The number of halogens is 1. The molecule has 0 saturated heterocycles. The molecule has 0 bridgehead atoms. The number of aryl methyl sites for hydroxylation is 1. The number of hydrogen-bond acceptors (Lipinski definition) is 4. The van der Waals surface area contributed by atoms with Crippen LogP contribution in [0, 0.1) is 19.8 Å². The van der Waals surface area contributed by atoms with E-state index in [9.17, 15) is 14.4 Å². The maximum absolute atomic E-state index is 12.6. The smallest absolute Gasteiger partial charge is 0.323 e. The van der Waals surface area contributed by atoms with E-state index in [0.717, 1.165) is 27.4 Å². The standard InChI is InChI=1S/C17H22BrNO4S/c1-5-10(2)17(23)24-9-14(20)19(8-15(21)22)16-11(3)6-7-13(18)12(16)4/h6-7,10H,5,8-9H2,1-4H3,(H,21,22). The highest BCUT2D eigenvalue weighted by molar-refractivity contribution is 9.10. The predicted octanol–water partition coefficient (Wildman–Crippen LogP) is 3.79. The van der Waals surface area contributed by atoms with Crippen LogP contribution in [0.25, 0.3) is 0 Å². The fourth-order valence-corrected chi connectivity index (χ4v) is 3.37. The molecule has 24 heavy (non-hydrogen) atoms. The Bertz CT molecular complexity index is 648. The van der Waals surface area contributed by atoms with E-state index >= 15 is 0 Å². The molecule has 0 heterocycles. The molecule has 1 aromatic rings. The second-order valence-electron chi connectivity index (χ2n) is 5.63. The number of rotatable bonds is 7. The molecule has 1 unspecified atom stereocenters. The van der Waals surface area contributed by atoms with E-state index in [2.05, 4.69) is 15.9 Å². The number of carbonyl (C=O) groups excluding carboxylic acids is 2. The molecule has 0 aliphatic heterocycles. The van der Waals surface area contributed by atoms with Gasteiger partial charge in [0.1, 0.15) is 6.54 Å². The summed E-state index contributed by atoms with van der Waals surface area (Å²) in [6.45, 7) is 6.95. The van der Waals surface area contributed by atoms with Crippen LogP contribution >= 0.6 is 27.7 Å². The molecule has 1 atom stereocenters. The highest BCUT2D eigenvalue weighted by atomic mass is 79.9. The number of hydrogen-bond donors (Lipinski definition) is 1. The average Bonchev–Trinajstić information content (AvgIpc) is 2.53. The van der Waals surface area contributed by atoms with E-state index < -0.39 is 12.5 Å². The zero-order chi connectivity index (χ0) is 18.4. The summed E-state index contributed by atoms with van der Waals surface area (Å²) in [5.41, 5.74) is 2.18. The maximum atomic E-state index is 12.6. The summed E-state index contributed by atoms with van der Waals surface area (Å²) in [6.07, 6.45) is 0.711. The van der Waals surface area contributed by atoms with E-state index in [-0.39, 0.29) is 22.7 Å². The second kappa shape index (κ2) is 9.22. The van der Waals surface area contributed by atoms with Gasteiger partial charge in [0, 0.05) is 10.4 Å². The van der Waals surface area contributed by atoms with Crippen molar-refractivity contribution in [2.75, 3.05) is 17.2 Å². The Morgan fingerprint density at radius 2 is 1.92 bits per heavy atom. The van der Waals surface area contributed by atoms with Crippen molar-refractivity contribution in [3.63, 3.8) is 0 Å². The summed E-state index contributed by atoms with van der Waals surface area (Å²) < 4.78 is 0.801. The first-order chi connectivity index (χ1) is 11.2. The molecular weight excluding hydrogens is 394 g/mol. The van der Waals surface area contributed by atoms with Gasteiger partial charge < -0.3 is 5.11 Å². The molecule has 0 fully saturated rings. The molecular formula is C17H22BrNO4S. The highest BCUT2D eigenvalue weighted by Gasteiger charge is 2.24. The highest BCUT2D eigenvalue weighted by Crippen LogP contribution is 2.31. The lowest BCUT2D eigenvalue weighted by Gasteiger charge is -2.25. The van der Waals surface area contributed by atoms with Crippen LogP contribution in [0.4, 0.5) is 5.69 Å². The third kappa shape index (κ3) is 5.34. The van der Waals surface area contributed by atoms with Crippen LogP contribution in [0.3, 0.4) is 0 Å². The fraction of sp³-hybridized carbons (Fsp3) is 0.471. The molecule has 1 amide bonds. The Morgan fingerprint density at radius 3 is 2.46 bits per heavy atom. The zero-order valence-electron chi connectivity index (χ0n) is 14.3. The number of carboxylic acids is 1. The van der Waals surface area contributed by atoms with Crippen LogP contribution in [0.2, 0.25) is 0 Å². The van der Waals surface area contributed by atoms with Gasteiger partial charge in [-0.05, 0) is 37.5 Å². The third-order valence-electron chi connectivity index (χ3n) is 3.78. The summed E-state index contributed by atoms with van der Waals surface area (Å²) in [5, 5.41) is 9.12. The van der Waals surface area contributed by atoms with E-state index in [1.165, 1.54) is 4.90 Å². The van der Waals surface area contributed by atoms with Crippen LogP contribution in [0.15, 0.2) is 16.6 Å². The summed E-state index contributed by atoms with van der Waals surface area (Å²) in [7, 11) is 0. The van der Waals surface area contributed by atoms with Gasteiger partial charge in [-0.25, -0.2) is 0 Å². The number of benzene rings is 1. The topological polar surface area (TPSA) is 74.7 Å². The summed E-state index contributed by atoms with van der Waals surface area (Å²) >= 11 is 4.36. The molecule has 0 aromatic heterocycles. The molecule has 1 N–H and O–H groups in total. The summed E-state index contributed by atoms with van der Waals surface area (Å²) in [5.74, 6) is -1.67. The molecule has 7 heteroatoms. The van der Waals surface area contributed by atoms with Gasteiger partial charge in [-0.1, -0.05) is 47.6 Å². The van der Waals surface area contributed by atoms with Crippen molar-refractivity contribution in [1.82, 2.24) is 0 Å². The van der Waals surface area contributed by atoms with Crippen LogP contribution in [-0.2, 0) is 14.4 Å². The number of carboxylic acid groups (broad SMARTS) is 1. The van der Waals surface area contributed by atoms with Gasteiger partial charge in [-0.15, -0.1) is 0 Å². The largest absolute Gasteiger partial charge is 0.480 e. The minimum atomic E-state index is -1.10. The zero-order valence-corrected chi connectivity index (χ0v) is 16.7.